The van der Waals surface area contributed by atoms with Crippen molar-refractivity contribution >= 4 is 5.82 Å². The molecule has 0 radical (unpaired) electrons. The Hall–Kier alpha value is -1.57. The Morgan fingerprint density at radius 1 is 1.50 bits per heavy atom. The summed E-state index contributed by atoms with van der Waals surface area (Å²) in [5.74, 6) is -0.220. The van der Waals surface area contributed by atoms with Gasteiger partial charge in [-0.1, -0.05) is 0 Å². The molecule has 1 heterocycles. The Balaban J connectivity index is 3.10. The normalized spacial score (nSPS) is 11.6. The summed E-state index contributed by atoms with van der Waals surface area (Å²) in [4.78, 5) is 16.4. The Morgan fingerprint density at radius 3 is 2.67 bits per heavy atom. The fraction of sp³-hybridized carbons (Fsp3) is 0.600. The van der Waals surface area contributed by atoms with E-state index in [2.05, 4.69) is 4.98 Å². The Labute approximate surface area is 102 Å². The summed E-state index contributed by atoms with van der Waals surface area (Å²) in [5, 5.41) is 0. The summed E-state index contributed by atoms with van der Waals surface area (Å²) in [6.07, 6.45) is -1.67. The van der Waals surface area contributed by atoms with Gasteiger partial charge in [0, 0.05) is 32.0 Å². The summed E-state index contributed by atoms with van der Waals surface area (Å²) in [7, 11) is 0. The van der Waals surface area contributed by atoms with Gasteiger partial charge >= 0.3 is 6.18 Å². The van der Waals surface area contributed by atoms with E-state index in [4.69, 9.17) is 5.73 Å². The number of hydrogen-bond donors (Lipinski definition) is 1. The highest BCUT2D eigenvalue weighted by atomic mass is 19.4. The largest absolute Gasteiger partial charge is 0.405 e. The molecule has 0 unspecified atom stereocenters. The van der Waals surface area contributed by atoms with E-state index in [1.807, 2.05) is 0 Å². The first-order valence-corrected chi connectivity index (χ1v) is 5.46. The zero-order chi connectivity index (χ0) is 13.8. The maximum absolute atomic E-state index is 12.4. The lowest BCUT2D eigenvalue weighted by molar-refractivity contribution is -0.119. The standard InChI is InChI=1S/C10H15F3N4O/c1-2-16-6-4-15-8(9(16)18)17(5-3-14)7-10(11,12)13/h4,6H,2-3,5,7,14H2,1H3. The van der Waals surface area contributed by atoms with E-state index in [9.17, 15) is 18.0 Å². The molecule has 0 saturated carbocycles. The second-order valence-electron chi connectivity index (χ2n) is 3.67. The first-order chi connectivity index (χ1) is 8.39. The molecular formula is C10H15F3N4O. The van der Waals surface area contributed by atoms with Crippen molar-refractivity contribution in [2.24, 2.45) is 5.73 Å². The first-order valence-electron chi connectivity index (χ1n) is 5.46. The molecule has 8 heteroatoms. The van der Waals surface area contributed by atoms with E-state index < -0.39 is 18.3 Å². The predicted molar refractivity (Wildman–Crippen MR) is 61.5 cm³/mol. The predicted octanol–water partition coefficient (Wildman–Crippen LogP) is 0.591. The van der Waals surface area contributed by atoms with Crippen molar-refractivity contribution in [3.05, 3.63) is 22.7 Å². The van der Waals surface area contributed by atoms with Crippen molar-refractivity contribution in [1.82, 2.24) is 9.55 Å². The van der Waals surface area contributed by atoms with Crippen LogP contribution in [0.4, 0.5) is 19.0 Å². The van der Waals surface area contributed by atoms with Gasteiger partial charge in [0.1, 0.15) is 6.54 Å². The van der Waals surface area contributed by atoms with Crippen LogP contribution in [0.15, 0.2) is 17.2 Å². The van der Waals surface area contributed by atoms with Gasteiger partial charge in [0.15, 0.2) is 5.82 Å². The fourth-order valence-corrected chi connectivity index (χ4v) is 1.53. The van der Waals surface area contributed by atoms with Crippen molar-refractivity contribution < 1.29 is 13.2 Å². The van der Waals surface area contributed by atoms with Gasteiger partial charge in [0.2, 0.25) is 0 Å². The van der Waals surface area contributed by atoms with E-state index in [-0.39, 0.29) is 18.9 Å². The van der Waals surface area contributed by atoms with Crippen LogP contribution in [0.2, 0.25) is 0 Å². The Morgan fingerprint density at radius 2 is 2.17 bits per heavy atom. The van der Waals surface area contributed by atoms with Crippen LogP contribution in [-0.4, -0.2) is 35.4 Å². The molecule has 0 amide bonds. The molecular weight excluding hydrogens is 249 g/mol. The number of aryl methyl sites for hydroxylation is 1. The highest BCUT2D eigenvalue weighted by Crippen LogP contribution is 2.18. The second-order valence-corrected chi connectivity index (χ2v) is 3.67. The van der Waals surface area contributed by atoms with Crippen molar-refractivity contribution in [2.45, 2.75) is 19.6 Å². The number of nitrogens with two attached hydrogens (primary N) is 1. The molecule has 0 saturated heterocycles. The van der Waals surface area contributed by atoms with Crippen molar-refractivity contribution in [1.29, 1.82) is 0 Å². The lowest BCUT2D eigenvalue weighted by Crippen LogP contribution is -2.42. The molecule has 18 heavy (non-hydrogen) atoms. The van der Waals surface area contributed by atoms with Gasteiger partial charge in [-0.15, -0.1) is 0 Å². The minimum Gasteiger partial charge on any atom is -0.342 e. The number of anilines is 1. The quantitative estimate of drug-likeness (QED) is 0.845. The molecule has 5 nitrogen and oxygen atoms in total. The maximum Gasteiger partial charge on any atom is 0.405 e. The van der Waals surface area contributed by atoms with Gasteiger partial charge in [-0.3, -0.25) is 4.79 Å². The van der Waals surface area contributed by atoms with E-state index in [0.29, 0.717) is 6.54 Å². The number of halogens is 3. The van der Waals surface area contributed by atoms with Gasteiger partial charge < -0.3 is 15.2 Å². The first kappa shape index (κ1) is 14.5. The van der Waals surface area contributed by atoms with Crippen LogP contribution in [0.1, 0.15) is 6.92 Å². The van der Waals surface area contributed by atoms with E-state index >= 15 is 0 Å². The third kappa shape index (κ3) is 3.73. The molecule has 2 N–H and O–H groups in total. The summed E-state index contributed by atoms with van der Waals surface area (Å²) < 4.78 is 38.5. The minimum absolute atomic E-state index is 0.0121. The highest BCUT2D eigenvalue weighted by molar-refractivity contribution is 5.36. The number of nitrogens with zero attached hydrogens (tertiary/aromatic N) is 3. The van der Waals surface area contributed by atoms with Crippen LogP contribution in [0, 0.1) is 0 Å². The van der Waals surface area contributed by atoms with Crippen LogP contribution >= 0.6 is 0 Å². The average molecular weight is 264 g/mol. The zero-order valence-electron chi connectivity index (χ0n) is 9.94. The second kappa shape index (κ2) is 5.85. The molecule has 0 aliphatic rings. The van der Waals surface area contributed by atoms with E-state index in [1.54, 1.807) is 6.92 Å². The lowest BCUT2D eigenvalue weighted by atomic mass is 10.4. The molecule has 1 aromatic rings. The molecule has 0 aliphatic heterocycles. The molecule has 0 spiro atoms. The number of aromatic nitrogens is 2. The van der Waals surface area contributed by atoms with E-state index in [0.717, 1.165) is 4.90 Å². The van der Waals surface area contributed by atoms with Crippen LogP contribution in [0.25, 0.3) is 0 Å². The van der Waals surface area contributed by atoms with Crippen molar-refractivity contribution in [3.8, 4) is 0 Å². The third-order valence-electron chi connectivity index (χ3n) is 2.30. The minimum atomic E-state index is -4.41. The summed E-state index contributed by atoms with van der Waals surface area (Å²) >= 11 is 0. The number of hydrogen-bond acceptors (Lipinski definition) is 4. The summed E-state index contributed by atoms with van der Waals surface area (Å²) in [6.45, 7) is 0.799. The van der Waals surface area contributed by atoms with Gasteiger partial charge in [0.25, 0.3) is 5.56 Å². The maximum atomic E-state index is 12.4. The van der Waals surface area contributed by atoms with Crippen molar-refractivity contribution in [2.75, 3.05) is 24.5 Å². The van der Waals surface area contributed by atoms with Crippen molar-refractivity contribution in [3.63, 3.8) is 0 Å². The number of rotatable bonds is 5. The molecule has 0 atom stereocenters. The van der Waals surface area contributed by atoms with Crippen LogP contribution in [0.3, 0.4) is 0 Å². The van der Waals surface area contributed by atoms with Gasteiger partial charge in [0.05, 0.1) is 0 Å². The Kier molecular flexibility index (Phi) is 4.71. The highest BCUT2D eigenvalue weighted by Gasteiger charge is 2.32. The van der Waals surface area contributed by atoms with Crippen LogP contribution < -0.4 is 16.2 Å². The molecule has 0 aliphatic carbocycles. The smallest absolute Gasteiger partial charge is 0.342 e. The fourth-order valence-electron chi connectivity index (χ4n) is 1.53. The van der Waals surface area contributed by atoms with Crippen LogP contribution in [0.5, 0.6) is 0 Å². The van der Waals surface area contributed by atoms with Crippen LogP contribution in [-0.2, 0) is 6.54 Å². The molecule has 1 aromatic heterocycles. The van der Waals surface area contributed by atoms with Gasteiger partial charge in [-0.25, -0.2) is 4.98 Å². The molecule has 102 valence electrons. The SMILES string of the molecule is CCn1ccnc(N(CCN)CC(F)(F)F)c1=O. The molecule has 0 aromatic carbocycles. The summed E-state index contributed by atoms with van der Waals surface area (Å²) in [5.41, 5.74) is 4.72. The monoisotopic (exact) mass is 264 g/mol. The molecule has 0 fully saturated rings. The van der Waals surface area contributed by atoms with Gasteiger partial charge in [-0.2, -0.15) is 13.2 Å². The topological polar surface area (TPSA) is 64.2 Å². The number of alkyl halides is 3. The summed E-state index contributed by atoms with van der Waals surface area (Å²) in [6, 6.07) is 0. The van der Waals surface area contributed by atoms with E-state index in [1.165, 1.54) is 17.0 Å². The lowest BCUT2D eigenvalue weighted by Gasteiger charge is -2.23. The third-order valence-corrected chi connectivity index (χ3v) is 2.30. The van der Waals surface area contributed by atoms with Gasteiger partial charge in [-0.05, 0) is 6.92 Å². The average Bonchev–Trinajstić information content (AvgIpc) is 2.27. The molecule has 1 rings (SSSR count). The molecule has 0 bridgehead atoms. The Bertz CT molecular complexity index is 443. The zero-order valence-corrected chi connectivity index (χ0v) is 9.94.